The van der Waals surface area contributed by atoms with Crippen molar-refractivity contribution in [2.24, 2.45) is 0 Å². The van der Waals surface area contributed by atoms with Crippen LogP contribution in [0, 0.1) is 10.1 Å². The standard InChI is InChI=1S/C11H20N2O6S/c1-4-18-11(15)9(5-6-20-3)12-10(14)7-8(2)19-13(16)17/h8-9H,4-7H2,1-3H3,(H,12,14). The average Bonchev–Trinajstić information content (AvgIpc) is 2.33. The zero-order valence-corrected chi connectivity index (χ0v) is 12.6. The lowest BCUT2D eigenvalue weighted by molar-refractivity contribution is -0.767. The maximum absolute atomic E-state index is 11.7. The summed E-state index contributed by atoms with van der Waals surface area (Å²) in [5.41, 5.74) is 0. The summed E-state index contributed by atoms with van der Waals surface area (Å²) < 4.78 is 4.87. The Hall–Kier alpha value is -1.51. The molecule has 0 aromatic rings. The summed E-state index contributed by atoms with van der Waals surface area (Å²) in [6, 6.07) is -0.738. The fraction of sp³-hybridized carbons (Fsp3) is 0.818. The molecule has 2 unspecified atom stereocenters. The number of rotatable bonds is 10. The molecule has 0 bridgehead atoms. The first-order valence-corrected chi connectivity index (χ1v) is 7.56. The van der Waals surface area contributed by atoms with Crippen molar-refractivity contribution in [3.05, 3.63) is 10.1 Å². The molecular formula is C11H20N2O6S. The van der Waals surface area contributed by atoms with Gasteiger partial charge in [0.2, 0.25) is 5.91 Å². The van der Waals surface area contributed by atoms with Crippen molar-refractivity contribution in [3.8, 4) is 0 Å². The van der Waals surface area contributed by atoms with E-state index in [1.54, 1.807) is 18.7 Å². The van der Waals surface area contributed by atoms with Gasteiger partial charge in [-0.25, -0.2) is 4.79 Å². The van der Waals surface area contributed by atoms with Crippen LogP contribution in [0.4, 0.5) is 0 Å². The number of carbonyl (C=O) groups is 2. The average molecular weight is 308 g/mol. The fourth-order valence-electron chi connectivity index (χ4n) is 1.43. The molecule has 116 valence electrons. The second-order valence-electron chi connectivity index (χ2n) is 4.00. The first-order valence-electron chi connectivity index (χ1n) is 6.16. The molecule has 0 aliphatic heterocycles. The molecule has 0 rings (SSSR count). The van der Waals surface area contributed by atoms with Crippen LogP contribution in [-0.4, -0.2) is 47.7 Å². The van der Waals surface area contributed by atoms with Gasteiger partial charge in [0.05, 0.1) is 13.0 Å². The zero-order valence-electron chi connectivity index (χ0n) is 11.8. The molecule has 0 spiro atoms. The monoisotopic (exact) mass is 308 g/mol. The Bertz CT molecular complexity index is 339. The van der Waals surface area contributed by atoms with Gasteiger partial charge in [0, 0.05) is 0 Å². The van der Waals surface area contributed by atoms with Crippen molar-refractivity contribution in [3.63, 3.8) is 0 Å². The van der Waals surface area contributed by atoms with E-state index in [2.05, 4.69) is 10.2 Å². The van der Waals surface area contributed by atoms with E-state index in [1.165, 1.54) is 6.92 Å². The normalized spacial score (nSPS) is 13.2. The van der Waals surface area contributed by atoms with Gasteiger partial charge in [-0.3, -0.25) is 4.79 Å². The number of nitrogens with one attached hydrogen (secondary N) is 1. The van der Waals surface area contributed by atoms with Crippen LogP contribution in [0.2, 0.25) is 0 Å². The Morgan fingerprint density at radius 3 is 2.60 bits per heavy atom. The summed E-state index contributed by atoms with van der Waals surface area (Å²) in [6.07, 6.45) is 1.26. The third-order valence-corrected chi connectivity index (χ3v) is 2.90. The van der Waals surface area contributed by atoms with Crippen LogP contribution in [0.3, 0.4) is 0 Å². The largest absolute Gasteiger partial charge is 0.464 e. The highest BCUT2D eigenvalue weighted by Gasteiger charge is 2.23. The summed E-state index contributed by atoms with van der Waals surface area (Å²) in [6.45, 7) is 3.31. The molecule has 20 heavy (non-hydrogen) atoms. The molecule has 1 amide bonds. The zero-order chi connectivity index (χ0) is 15.5. The Labute approximate surface area is 121 Å². The van der Waals surface area contributed by atoms with Crippen LogP contribution in [-0.2, 0) is 19.2 Å². The van der Waals surface area contributed by atoms with Crippen LogP contribution < -0.4 is 5.32 Å². The van der Waals surface area contributed by atoms with E-state index < -0.39 is 29.1 Å². The predicted molar refractivity (Wildman–Crippen MR) is 73.7 cm³/mol. The molecule has 2 atom stereocenters. The van der Waals surface area contributed by atoms with Crippen LogP contribution in [0.25, 0.3) is 0 Å². The Kier molecular flexibility index (Phi) is 9.52. The number of hydrogen-bond acceptors (Lipinski definition) is 7. The second-order valence-corrected chi connectivity index (χ2v) is 4.98. The summed E-state index contributed by atoms with van der Waals surface area (Å²) in [4.78, 5) is 37.7. The van der Waals surface area contributed by atoms with Gasteiger partial charge < -0.3 is 14.9 Å². The molecule has 0 aromatic heterocycles. The van der Waals surface area contributed by atoms with E-state index in [-0.39, 0.29) is 13.0 Å². The first-order chi connectivity index (χ1) is 9.40. The van der Waals surface area contributed by atoms with E-state index in [0.29, 0.717) is 12.2 Å². The fourth-order valence-corrected chi connectivity index (χ4v) is 1.90. The molecule has 8 nitrogen and oxygen atoms in total. The van der Waals surface area contributed by atoms with E-state index >= 15 is 0 Å². The smallest absolute Gasteiger partial charge is 0.328 e. The Morgan fingerprint density at radius 1 is 1.45 bits per heavy atom. The maximum atomic E-state index is 11.7. The van der Waals surface area contributed by atoms with Gasteiger partial charge in [0.15, 0.2) is 0 Å². The highest BCUT2D eigenvalue weighted by Crippen LogP contribution is 2.05. The minimum Gasteiger partial charge on any atom is -0.464 e. The van der Waals surface area contributed by atoms with Gasteiger partial charge >= 0.3 is 5.97 Å². The van der Waals surface area contributed by atoms with Gasteiger partial charge in [-0.2, -0.15) is 11.8 Å². The van der Waals surface area contributed by atoms with Crippen molar-refractivity contribution >= 4 is 23.6 Å². The molecule has 0 aromatic carbocycles. The lowest BCUT2D eigenvalue weighted by Gasteiger charge is -2.17. The van der Waals surface area contributed by atoms with Gasteiger partial charge in [-0.1, -0.05) is 0 Å². The highest BCUT2D eigenvalue weighted by atomic mass is 32.2. The van der Waals surface area contributed by atoms with Crippen molar-refractivity contribution in [1.29, 1.82) is 0 Å². The number of nitrogens with zero attached hydrogens (tertiary/aromatic N) is 1. The molecule has 1 N–H and O–H groups in total. The van der Waals surface area contributed by atoms with Crippen LogP contribution in [0.5, 0.6) is 0 Å². The lowest BCUT2D eigenvalue weighted by atomic mass is 10.2. The molecule has 0 radical (unpaired) electrons. The SMILES string of the molecule is CCOC(=O)C(CCSC)NC(=O)CC(C)O[N+](=O)[O-]. The lowest BCUT2D eigenvalue weighted by Crippen LogP contribution is -2.43. The number of thioether (sulfide) groups is 1. The number of carbonyl (C=O) groups excluding carboxylic acids is 2. The minimum atomic E-state index is -0.950. The maximum Gasteiger partial charge on any atom is 0.328 e. The Balaban J connectivity index is 4.36. The molecule has 0 aliphatic rings. The topological polar surface area (TPSA) is 108 Å². The van der Waals surface area contributed by atoms with Gasteiger partial charge in [-0.05, 0) is 32.3 Å². The summed E-state index contributed by atoms with van der Waals surface area (Å²) in [5, 5.41) is 11.7. The van der Waals surface area contributed by atoms with Crippen molar-refractivity contribution in [1.82, 2.24) is 5.32 Å². The molecule has 0 saturated carbocycles. The van der Waals surface area contributed by atoms with Crippen LogP contribution in [0.1, 0.15) is 26.7 Å². The summed E-state index contributed by atoms with van der Waals surface area (Å²) >= 11 is 1.54. The minimum absolute atomic E-state index is 0.198. The molecule has 9 heteroatoms. The van der Waals surface area contributed by atoms with E-state index in [4.69, 9.17) is 4.74 Å². The van der Waals surface area contributed by atoms with E-state index in [9.17, 15) is 19.7 Å². The van der Waals surface area contributed by atoms with Crippen molar-refractivity contribution in [2.75, 3.05) is 18.6 Å². The highest BCUT2D eigenvalue weighted by molar-refractivity contribution is 7.98. The molecule has 0 aliphatic carbocycles. The van der Waals surface area contributed by atoms with Crippen LogP contribution in [0.15, 0.2) is 0 Å². The van der Waals surface area contributed by atoms with Gasteiger partial charge in [0.25, 0.3) is 5.09 Å². The summed E-state index contributed by atoms with van der Waals surface area (Å²) in [7, 11) is 0. The van der Waals surface area contributed by atoms with Crippen molar-refractivity contribution in [2.45, 2.75) is 38.8 Å². The van der Waals surface area contributed by atoms with Gasteiger partial charge in [0.1, 0.15) is 12.1 Å². The van der Waals surface area contributed by atoms with Gasteiger partial charge in [-0.15, -0.1) is 10.1 Å². The van der Waals surface area contributed by atoms with Crippen molar-refractivity contribution < 1.29 is 24.3 Å². The summed E-state index contributed by atoms with van der Waals surface area (Å²) in [5.74, 6) is -0.304. The predicted octanol–water partition coefficient (Wildman–Crippen LogP) is 0.774. The molecule has 0 saturated heterocycles. The quantitative estimate of drug-likeness (QED) is 0.361. The molecule has 0 fully saturated rings. The Morgan fingerprint density at radius 2 is 2.10 bits per heavy atom. The third kappa shape index (κ3) is 8.57. The number of esters is 1. The molecular weight excluding hydrogens is 288 g/mol. The third-order valence-electron chi connectivity index (χ3n) is 2.26. The first kappa shape index (κ1) is 18.5. The molecule has 0 heterocycles. The second kappa shape index (κ2) is 10.3. The number of amides is 1. The number of hydrogen-bond donors (Lipinski definition) is 1. The number of ether oxygens (including phenoxy) is 1. The van der Waals surface area contributed by atoms with E-state index in [0.717, 1.165) is 0 Å². The van der Waals surface area contributed by atoms with Crippen LogP contribution >= 0.6 is 11.8 Å². The van der Waals surface area contributed by atoms with E-state index in [1.807, 2.05) is 6.26 Å².